The van der Waals surface area contributed by atoms with Crippen LogP contribution in [0.15, 0.2) is 18.5 Å². The van der Waals surface area contributed by atoms with Gasteiger partial charge in [-0.15, -0.1) is 11.6 Å². The summed E-state index contributed by atoms with van der Waals surface area (Å²) in [6, 6.07) is 2.49. The van der Waals surface area contributed by atoms with Gasteiger partial charge in [0.2, 0.25) is 5.95 Å². The summed E-state index contributed by atoms with van der Waals surface area (Å²) >= 11 is 5.73. The monoisotopic (exact) mass is 225 g/mol. The Labute approximate surface area is 95.5 Å². The Morgan fingerprint density at radius 2 is 2.07 bits per heavy atom. The van der Waals surface area contributed by atoms with Crippen LogP contribution in [0.25, 0.3) is 0 Å². The van der Waals surface area contributed by atoms with E-state index >= 15 is 0 Å². The van der Waals surface area contributed by atoms with Gasteiger partial charge in [-0.2, -0.15) is 0 Å². The molecule has 0 saturated heterocycles. The highest BCUT2D eigenvalue weighted by Crippen LogP contribution is 2.27. The van der Waals surface area contributed by atoms with Crippen molar-refractivity contribution in [2.75, 3.05) is 17.3 Å². The van der Waals surface area contributed by atoms with Crippen LogP contribution in [0.1, 0.15) is 25.7 Å². The van der Waals surface area contributed by atoms with Gasteiger partial charge in [0.05, 0.1) is 0 Å². The molecule has 0 spiro atoms. The number of alkyl halides is 1. The van der Waals surface area contributed by atoms with Crippen LogP contribution in [-0.2, 0) is 0 Å². The van der Waals surface area contributed by atoms with Crippen molar-refractivity contribution in [3.05, 3.63) is 18.5 Å². The Kier molecular flexibility index (Phi) is 3.78. The van der Waals surface area contributed by atoms with Crippen molar-refractivity contribution in [3.63, 3.8) is 0 Å². The molecular weight excluding hydrogens is 210 g/mol. The molecule has 0 atom stereocenters. The van der Waals surface area contributed by atoms with Crippen LogP contribution >= 0.6 is 11.6 Å². The van der Waals surface area contributed by atoms with E-state index in [1.165, 1.54) is 19.3 Å². The first kappa shape index (κ1) is 10.7. The summed E-state index contributed by atoms with van der Waals surface area (Å²) in [6.07, 6.45) is 8.45. The summed E-state index contributed by atoms with van der Waals surface area (Å²) in [5.41, 5.74) is 0. The number of rotatable bonds is 5. The second-order valence-electron chi connectivity index (χ2n) is 3.87. The number of anilines is 1. The molecule has 1 aromatic rings. The summed E-state index contributed by atoms with van der Waals surface area (Å²) in [6.45, 7) is 0.970. The Balaban J connectivity index is 2.04. The number of hydrogen-bond donors (Lipinski definition) is 0. The molecule has 0 aromatic carbocycles. The van der Waals surface area contributed by atoms with E-state index in [1.807, 2.05) is 6.07 Å². The SMILES string of the molecule is ClCCCN(c1ncccn1)C1CCC1. The van der Waals surface area contributed by atoms with E-state index in [-0.39, 0.29) is 0 Å². The molecule has 15 heavy (non-hydrogen) atoms. The fraction of sp³-hybridized carbons (Fsp3) is 0.636. The average molecular weight is 226 g/mol. The minimum atomic E-state index is 0.635. The molecule has 1 saturated carbocycles. The van der Waals surface area contributed by atoms with Gasteiger partial charge in [0, 0.05) is 30.9 Å². The van der Waals surface area contributed by atoms with Gasteiger partial charge < -0.3 is 4.90 Å². The quantitative estimate of drug-likeness (QED) is 0.721. The molecule has 3 nitrogen and oxygen atoms in total. The molecule has 1 aliphatic rings. The third-order valence-corrected chi connectivity index (χ3v) is 3.12. The highest BCUT2D eigenvalue weighted by atomic mass is 35.5. The first-order valence-corrected chi connectivity index (χ1v) is 6.05. The minimum absolute atomic E-state index is 0.635. The highest BCUT2D eigenvalue weighted by Gasteiger charge is 2.26. The zero-order valence-electron chi connectivity index (χ0n) is 8.77. The zero-order chi connectivity index (χ0) is 10.5. The van der Waals surface area contributed by atoms with E-state index < -0.39 is 0 Å². The van der Waals surface area contributed by atoms with Gasteiger partial charge in [0.15, 0.2) is 0 Å². The summed E-state index contributed by atoms with van der Waals surface area (Å²) < 4.78 is 0. The van der Waals surface area contributed by atoms with E-state index in [0.717, 1.165) is 18.9 Å². The lowest BCUT2D eigenvalue weighted by atomic mass is 9.91. The lowest BCUT2D eigenvalue weighted by Gasteiger charge is -2.37. The van der Waals surface area contributed by atoms with Crippen LogP contribution in [0.4, 0.5) is 5.95 Å². The van der Waals surface area contributed by atoms with Crippen molar-refractivity contribution in [2.45, 2.75) is 31.7 Å². The van der Waals surface area contributed by atoms with Gasteiger partial charge in [-0.3, -0.25) is 0 Å². The predicted octanol–water partition coefficient (Wildman–Crippen LogP) is 2.46. The second kappa shape index (κ2) is 5.31. The van der Waals surface area contributed by atoms with Crippen LogP contribution in [0.3, 0.4) is 0 Å². The number of hydrogen-bond acceptors (Lipinski definition) is 3. The molecule has 1 aromatic heterocycles. The number of aromatic nitrogens is 2. The molecule has 0 radical (unpaired) electrons. The Hall–Kier alpha value is -0.830. The maximum absolute atomic E-state index is 5.73. The Bertz CT molecular complexity index is 287. The van der Waals surface area contributed by atoms with Crippen molar-refractivity contribution >= 4 is 17.5 Å². The average Bonchev–Trinajstić information content (AvgIpc) is 2.22. The molecule has 0 bridgehead atoms. The van der Waals surface area contributed by atoms with Gasteiger partial charge in [-0.05, 0) is 31.7 Å². The van der Waals surface area contributed by atoms with Crippen LogP contribution in [0.5, 0.6) is 0 Å². The molecule has 1 aliphatic carbocycles. The van der Waals surface area contributed by atoms with Gasteiger partial charge in [-0.25, -0.2) is 9.97 Å². The summed E-state index contributed by atoms with van der Waals surface area (Å²) in [5, 5.41) is 0. The van der Waals surface area contributed by atoms with Crippen molar-refractivity contribution < 1.29 is 0 Å². The first-order chi connectivity index (χ1) is 7.42. The van der Waals surface area contributed by atoms with Crippen molar-refractivity contribution in [1.29, 1.82) is 0 Å². The molecule has 1 fully saturated rings. The van der Waals surface area contributed by atoms with E-state index in [1.54, 1.807) is 12.4 Å². The number of halogens is 1. The summed E-state index contributed by atoms with van der Waals surface area (Å²) in [4.78, 5) is 10.9. The van der Waals surface area contributed by atoms with Crippen molar-refractivity contribution in [2.24, 2.45) is 0 Å². The Morgan fingerprint density at radius 1 is 1.33 bits per heavy atom. The lowest BCUT2D eigenvalue weighted by Crippen LogP contribution is -2.42. The fourth-order valence-electron chi connectivity index (χ4n) is 1.81. The van der Waals surface area contributed by atoms with E-state index in [4.69, 9.17) is 11.6 Å². The minimum Gasteiger partial charge on any atom is -0.338 e. The van der Waals surface area contributed by atoms with Gasteiger partial charge in [-0.1, -0.05) is 0 Å². The largest absolute Gasteiger partial charge is 0.338 e. The molecule has 2 rings (SSSR count). The normalized spacial score (nSPS) is 16.1. The molecule has 1 heterocycles. The maximum Gasteiger partial charge on any atom is 0.225 e. The molecular formula is C11H16ClN3. The molecule has 0 unspecified atom stereocenters. The van der Waals surface area contributed by atoms with Crippen LogP contribution < -0.4 is 4.90 Å². The van der Waals surface area contributed by atoms with Crippen LogP contribution in [0.2, 0.25) is 0 Å². The smallest absolute Gasteiger partial charge is 0.225 e. The highest BCUT2D eigenvalue weighted by molar-refractivity contribution is 6.17. The zero-order valence-corrected chi connectivity index (χ0v) is 9.53. The molecule has 4 heteroatoms. The third kappa shape index (κ3) is 2.59. The molecule has 0 N–H and O–H groups in total. The standard InChI is InChI=1S/C11H16ClN3/c12-6-2-9-15(10-4-1-5-10)11-13-7-3-8-14-11/h3,7-8,10H,1-2,4-6,9H2. The van der Waals surface area contributed by atoms with Crippen LogP contribution in [0, 0.1) is 0 Å². The third-order valence-electron chi connectivity index (χ3n) is 2.86. The number of nitrogens with zero attached hydrogens (tertiary/aromatic N) is 3. The Morgan fingerprint density at radius 3 is 2.60 bits per heavy atom. The molecule has 82 valence electrons. The lowest BCUT2D eigenvalue weighted by molar-refractivity contribution is 0.381. The fourth-order valence-corrected chi connectivity index (χ4v) is 1.93. The topological polar surface area (TPSA) is 29.0 Å². The summed E-state index contributed by atoms with van der Waals surface area (Å²) in [7, 11) is 0. The first-order valence-electron chi connectivity index (χ1n) is 5.51. The summed E-state index contributed by atoms with van der Waals surface area (Å²) in [5.74, 6) is 1.56. The van der Waals surface area contributed by atoms with Crippen molar-refractivity contribution in [3.8, 4) is 0 Å². The van der Waals surface area contributed by atoms with Crippen LogP contribution in [-0.4, -0.2) is 28.4 Å². The predicted molar refractivity (Wildman–Crippen MR) is 62.4 cm³/mol. The molecule has 0 amide bonds. The van der Waals surface area contributed by atoms with E-state index in [2.05, 4.69) is 14.9 Å². The van der Waals surface area contributed by atoms with E-state index in [0.29, 0.717) is 11.9 Å². The van der Waals surface area contributed by atoms with Gasteiger partial charge in [0.25, 0.3) is 0 Å². The van der Waals surface area contributed by atoms with Gasteiger partial charge in [0.1, 0.15) is 0 Å². The molecule has 0 aliphatic heterocycles. The van der Waals surface area contributed by atoms with Crippen molar-refractivity contribution in [1.82, 2.24) is 9.97 Å². The van der Waals surface area contributed by atoms with Gasteiger partial charge >= 0.3 is 0 Å². The second-order valence-corrected chi connectivity index (χ2v) is 4.25. The van der Waals surface area contributed by atoms with E-state index in [9.17, 15) is 0 Å². The maximum atomic E-state index is 5.73.